The third kappa shape index (κ3) is 2.22. The second-order valence-electron chi connectivity index (χ2n) is 3.78. The minimum absolute atomic E-state index is 0.423. The van der Waals surface area contributed by atoms with Crippen LogP contribution in [0, 0.1) is 0 Å². The average molecular weight is 304 g/mol. The zero-order valence-corrected chi connectivity index (χ0v) is 11.0. The summed E-state index contributed by atoms with van der Waals surface area (Å²) in [5.74, 6) is 0.717. The van der Waals surface area contributed by atoms with E-state index in [0.717, 1.165) is 17.1 Å². The molecule has 0 aliphatic carbocycles. The number of aromatic nitrogens is 3. The van der Waals surface area contributed by atoms with E-state index in [1.54, 1.807) is 6.20 Å². The molecule has 0 aliphatic heterocycles. The van der Waals surface area contributed by atoms with Crippen LogP contribution in [0.4, 0.5) is 0 Å². The molecule has 3 heterocycles. The summed E-state index contributed by atoms with van der Waals surface area (Å²) in [6.07, 6.45) is 5.63. The summed E-state index contributed by atoms with van der Waals surface area (Å²) in [7, 11) is 0. The van der Waals surface area contributed by atoms with Crippen molar-refractivity contribution in [3.63, 3.8) is 0 Å². The standard InChI is InChI=1S/C13H10BrN3O/c14-13-11(4-3-6-15-13)18-9-10-8-17-7-2-1-5-12(17)16-10/h1-8H,9H2. The van der Waals surface area contributed by atoms with E-state index in [4.69, 9.17) is 4.74 Å². The molecule has 0 aromatic carbocycles. The van der Waals surface area contributed by atoms with Gasteiger partial charge in [0, 0.05) is 18.6 Å². The van der Waals surface area contributed by atoms with Gasteiger partial charge in [-0.1, -0.05) is 6.07 Å². The summed E-state index contributed by atoms with van der Waals surface area (Å²) >= 11 is 3.34. The van der Waals surface area contributed by atoms with Crippen LogP contribution >= 0.6 is 15.9 Å². The van der Waals surface area contributed by atoms with E-state index in [2.05, 4.69) is 25.9 Å². The predicted molar refractivity (Wildman–Crippen MR) is 71.5 cm³/mol. The van der Waals surface area contributed by atoms with E-state index >= 15 is 0 Å². The highest BCUT2D eigenvalue weighted by atomic mass is 79.9. The van der Waals surface area contributed by atoms with Crippen molar-refractivity contribution in [3.05, 3.63) is 59.2 Å². The first kappa shape index (κ1) is 11.2. The van der Waals surface area contributed by atoms with Gasteiger partial charge in [0.15, 0.2) is 5.75 Å². The van der Waals surface area contributed by atoms with Gasteiger partial charge in [-0.3, -0.25) is 0 Å². The van der Waals surface area contributed by atoms with Crippen molar-refractivity contribution in [1.29, 1.82) is 0 Å². The third-order valence-electron chi connectivity index (χ3n) is 2.51. The van der Waals surface area contributed by atoms with Crippen molar-refractivity contribution in [2.45, 2.75) is 6.61 Å². The maximum Gasteiger partial charge on any atom is 0.152 e. The Morgan fingerprint density at radius 3 is 3.00 bits per heavy atom. The van der Waals surface area contributed by atoms with Gasteiger partial charge in [0.1, 0.15) is 16.9 Å². The molecule has 3 aromatic rings. The number of fused-ring (bicyclic) bond motifs is 1. The number of imidazole rings is 1. The lowest BCUT2D eigenvalue weighted by molar-refractivity contribution is 0.298. The summed E-state index contributed by atoms with van der Waals surface area (Å²) in [4.78, 5) is 8.56. The van der Waals surface area contributed by atoms with Crippen LogP contribution < -0.4 is 4.74 Å². The highest BCUT2D eigenvalue weighted by Gasteiger charge is 2.04. The van der Waals surface area contributed by atoms with Crippen molar-refractivity contribution in [2.75, 3.05) is 0 Å². The number of hydrogen-bond donors (Lipinski definition) is 0. The normalized spacial score (nSPS) is 10.7. The number of pyridine rings is 2. The Morgan fingerprint density at radius 1 is 1.22 bits per heavy atom. The topological polar surface area (TPSA) is 39.4 Å². The van der Waals surface area contributed by atoms with E-state index < -0.39 is 0 Å². The fourth-order valence-electron chi connectivity index (χ4n) is 1.69. The van der Waals surface area contributed by atoms with Crippen LogP contribution in [0.15, 0.2) is 53.5 Å². The Balaban J connectivity index is 1.79. The fraction of sp³-hybridized carbons (Fsp3) is 0.0769. The molecule has 0 saturated heterocycles. The molecule has 18 heavy (non-hydrogen) atoms. The second-order valence-corrected chi connectivity index (χ2v) is 4.53. The molecule has 90 valence electrons. The molecular formula is C13H10BrN3O. The molecule has 3 rings (SSSR count). The van der Waals surface area contributed by atoms with Crippen molar-refractivity contribution < 1.29 is 4.74 Å². The van der Waals surface area contributed by atoms with Gasteiger partial charge in [-0.25, -0.2) is 9.97 Å². The van der Waals surface area contributed by atoms with Crippen molar-refractivity contribution in [2.24, 2.45) is 0 Å². The van der Waals surface area contributed by atoms with Crippen molar-refractivity contribution >= 4 is 21.6 Å². The Kier molecular flexibility index (Phi) is 2.98. The van der Waals surface area contributed by atoms with Crippen LogP contribution in [0.1, 0.15) is 5.69 Å². The van der Waals surface area contributed by atoms with E-state index in [9.17, 15) is 0 Å². The minimum atomic E-state index is 0.423. The lowest BCUT2D eigenvalue weighted by atomic mass is 10.4. The highest BCUT2D eigenvalue weighted by molar-refractivity contribution is 9.10. The molecular weight excluding hydrogens is 294 g/mol. The largest absolute Gasteiger partial charge is 0.484 e. The van der Waals surface area contributed by atoms with Gasteiger partial charge in [0.05, 0.1) is 5.69 Å². The predicted octanol–water partition coefficient (Wildman–Crippen LogP) is 3.07. The smallest absolute Gasteiger partial charge is 0.152 e. The van der Waals surface area contributed by atoms with Crippen LogP contribution in [-0.4, -0.2) is 14.4 Å². The Bertz CT molecular complexity index is 648. The van der Waals surface area contributed by atoms with Gasteiger partial charge in [-0.05, 0) is 40.2 Å². The molecule has 0 spiro atoms. The van der Waals surface area contributed by atoms with E-state index in [0.29, 0.717) is 11.2 Å². The zero-order valence-electron chi connectivity index (χ0n) is 9.45. The van der Waals surface area contributed by atoms with Crippen molar-refractivity contribution in [3.8, 4) is 5.75 Å². The highest BCUT2D eigenvalue weighted by Crippen LogP contribution is 2.22. The summed E-state index contributed by atoms with van der Waals surface area (Å²) < 4.78 is 8.34. The fourth-order valence-corrected chi connectivity index (χ4v) is 2.05. The van der Waals surface area contributed by atoms with Gasteiger partial charge in [-0.2, -0.15) is 0 Å². The van der Waals surface area contributed by atoms with Crippen LogP contribution in [0.25, 0.3) is 5.65 Å². The van der Waals surface area contributed by atoms with Gasteiger partial charge in [0.2, 0.25) is 0 Å². The van der Waals surface area contributed by atoms with E-state index in [-0.39, 0.29) is 0 Å². The summed E-state index contributed by atoms with van der Waals surface area (Å²) in [5, 5.41) is 0. The average Bonchev–Trinajstić information content (AvgIpc) is 2.80. The molecule has 0 fully saturated rings. The summed E-state index contributed by atoms with van der Waals surface area (Å²) in [5.41, 5.74) is 1.80. The molecule has 4 nitrogen and oxygen atoms in total. The molecule has 0 unspecified atom stereocenters. The molecule has 0 saturated carbocycles. The third-order valence-corrected chi connectivity index (χ3v) is 3.11. The van der Waals surface area contributed by atoms with Crippen LogP contribution in [0.5, 0.6) is 5.75 Å². The molecule has 0 amide bonds. The second kappa shape index (κ2) is 4.78. The molecule has 0 radical (unpaired) electrons. The van der Waals surface area contributed by atoms with Gasteiger partial charge in [-0.15, -0.1) is 0 Å². The first-order valence-electron chi connectivity index (χ1n) is 5.49. The van der Waals surface area contributed by atoms with E-state index in [1.165, 1.54) is 0 Å². The number of hydrogen-bond acceptors (Lipinski definition) is 3. The Labute approximate surface area is 112 Å². The van der Waals surface area contributed by atoms with Gasteiger partial charge >= 0.3 is 0 Å². The molecule has 0 atom stereocenters. The van der Waals surface area contributed by atoms with Crippen LogP contribution in [0.3, 0.4) is 0 Å². The molecule has 3 aromatic heterocycles. The maximum atomic E-state index is 5.67. The van der Waals surface area contributed by atoms with Gasteiger partial charge < -0.3 is 9.14 Å². The number of nitrogens with zero attached hydrogens (tertiary/aromatic N) is 3. The lowest BCUT2D eigenvalue weighted by Gasteiger charge is -2.04. The number of ether oxygens (including phenoxy) is 1. The Morgan fingerprint density at radius 2 is 2.17 bits per heavy atom. The SMILES string of the molecule is Brc1ncccc1OCc1cn2ccccc2n1. The summed E-state index contributed by atoms with van der Waals surface area (Å²) in [6.45, 7) is 0.423. The number of halogens is 1. The molecule has 5 heteroatoms. The van der Waals surface area contributed by atoms with Crippen molar-refractivity contribution in [1.82, 2.24) is 14.4 Å². The minimum Gasteiger partial charge on any atom is -0.484 e. The van der Waals surface area contributed by atoms with E-state index in [1.807, 2.05) is 47.1 Å². The molecule has 0 aliphatic rings. The number of rotatable bonds is 3. The zero-order chi connectivity index (χ0) is 12.4. The van der Waals surface area contributed by atoms with Gasteiger partial charge in [0.25, 0.3) is 0 Å². The lowest BCUT2D eigenvalue weighted by Crippen LogP contribution is -1.96. The molecule has 0 N–H and O–H groups in total. The first-order chi connectivity index (χ1) is 8.83. The maximum absolute atomic E-state index is 5.67. The molecule has 0 bridgehead atoms. The van der Waals surface area contributed by atoms with Crippen LogP contribution in [0.2, 0.25) is 0 Å². The first-order valence-corrected chi connectivity index (χ1v) is 6.28. The van der Waals surface area contributed by atoms with Crippen LogP contribution in [-0.2, 0) is 6.61 Å². The monoisotopic (exact) mass is 303 g/mol. The quantitative estimate of drug-likeness (QED) is 0.698. The Hall–Kier alpha value is -1.88. The summed E-state index contributed by atoms with van der Waals surface area (Å²) in [6, 6.07) is 9.60.